The molecule has 0 aliphatic heterocycles. The van der Waals surface area contributed by atoms with Crippen LogP contribution in [0.1, 0.15) is 31.1 Å². The van der Waals surface area contributed by atoms with E-state index in [0.29, 0.717) is 15.8 Å². The third-order valence-electron chi connectivity index (χ3n) is 1.95. The van der Waals surface area contributed by atoms with Gasteiger partial charge in [-0.3, -0.25) is 0 Å². The van der Waals surface area contributed by atoms with Gasteiger partial charge in [-0.15, -0.1) is 0 Å². The fourth-order valence-corrected chi connectivity index (χ4v) is 1.89. The van der Waals surface area contributed by atoms with Crippen molar-refractivity contribution >= 4 is 40.6 Å². The van der Waals surface area contributed by atoms with Crippen molar-refractivity contribution in [2.45, 2.75) is 26.3 Å². The fraction of sp³-hybridized carbons (Fsp3) is 0.333. The molecule has 6 heteroatoms. The number of anilines is 1. The zero-order valence-corrected chi connectivity index (χ0v) is 11.9. The van der Waals surface area contributed by atoms with Gasteiger partial charge in [-0.2, -0.15) is 0 Å². The minimum absolute atomic E-state index is 0.139. The standard InChI is InChI=1S/C12H15ClN2O2S/c1-12(2,3)15-11(18)14-9-5-4-7(10(16)17)6-8(9)13/h4-6H,1-3H3,(H,16,17)(H2,14,15,18). The lowest BCUT2D eigenvalue weighted by molar-refractivity contribution is 0.0697. The molecule has 0 radical (unpaired) electrons. The third kappa shape index (κ3) is 4.50. The number of halogens is 1. The molecule has 0 bridgehead atoms. The van der Waals surface area contributed by atoms with Crippen LogP contribution in [0.5, 0.6) is 0 Å². The van der Waals surface area contributed by atoms with E-state index in [2.05, 4.69) is 10.6 Å². The van der Waals surface area contributed by atoms with Gasteiger partial charge in [0.05, 0.1) is 16.3 Å². The average Bonchev–Trinajstić information content (AvgIpc) is 2.17. The molecule has 0 saturated carbocycles. The van der Waals surface area contributed by atoms with Crippen LogP contribution in [0.25, 0.3) is 0 Å². The topological polar surface area (TPSA) is 61.4 Å². The maximum atomic E-state index is 10.8. The number of rotatable bonds is 2. The summed E-state index contributed by atoms with van der Waals surface area (Å²) in [6.07, 6.45) is 0. The number of hydrogen-bond donors (Lipinski definition) is 3. The van der Waals surface area contributed by atoms with Gasteiger partial charge < -0.3 is 15.7 Å². The van der Waals surface area contributed by atoms with Gasteiger partial charge in [-0.1, -0.05) is 11.6 Å². The molecule has 0 spiro atoms. The van der Waals surface area contributed by atoms with Crippen LogP contribution in [-0.4, -0.2) is 21.7 Å². The molecular weight excluding hydrogens is 272 g/mol. The molecule has 1 aromatic rings. The molecule has 1 aromatic carbocycles. The highest BCUT2D eigenvalue weighted by Gasteiger charge is 2.12. The van der Waals surface area contributed by atoms with Gasteiger partial charge in [0.2, 0.25) is 0 Å². The number of carboxylic acid groups (broad SMARTS) is 1. The van der Waals surface area contributed by atoms with Gasteiger partial charge in [-0.05, 0) is 51.2 Å². The van der Waals surface area contributed by atoms with E-state index in [9.17, 15) is 4.79 Å². The first-order valence-electron chi connectivity index (χ1n) is 5.31. The molecule has 0 saturated heterocycles. The molecule has 0 aliphatic carbocycles. The van der Waals surface area contributed by atoms with Crippen LogP contribution in [-0.2, 0) is 0 Å². The summed E-state index contributed by atoms with van der Waals surface area (Å²) in [5.74, 6) is -1.01. The van der Waals surface area contributed by atoms with E-state index in [1.165, 1.54) is 12.1 Å². The second kappa shape index (κ2) is 5.54. The molecule has 0 atom stereocenters. The lowest BCUT2D eigenvalue weighted by Crippen LogP contribution is -2.42. The molecule has 0 amide bonds. The Kier molecular flexibility index (Phi) is 4.53. The summed E-state index contributed by atoms with van der Waals surface area (Å²) >= 11 is 11.1. The maximum Gasteiger partial charge on any atom is 0.335 e. The van der Waals surface area contributed by atoms with Crippen molar-refractivity contribution in [1.29, 1.82) is 0 Å². The number of aromatic carboxylic acids is 1. The molecule has 0 aromatic heterocycles. The van der Waals surface area contributed by atoms with Gasteiger partial charge in [0.25, 0.3) is 0 Å². The second-order valence-electron chi connectivity index (χ2n) is 4.83. The van der Waals surface area contributed by atoms with E-state index < -0.39 is 5.97 Å². The van der Waals surface area contributed by atoms with E-state index in [1.807, 2.05) is 20.8 Å². The van der Waals surface area contributed by atoms with Gasteiger partial charge in [0.15, 0.2) is 5.11 Å². The Morgan fingerprint density at radius 2 is 2.00 bits per heavy atom. The lowest BCUT2D eigenvalue weighted by Gasteiger charge is -2.23. The van der Waals surface area contributed by atoms with Crippen molar-refractivity contribution in [1.82, 2.24) is 5.32 Å². The number of thiocarbonyl (C=S) groups is 1. The van der Waals surface area contributed by atoms with Crippen LogP contribution in [0.4, 0.5) is 5.69 Å². The summed E-state index contributed by atoms with van der Waals surface area (Å²) in [4.78, 5) is 10.8. The summed E-state index contributed by atoms with van der Waals surface area (Å²) in [7, 11) is 0. The van der Waals surface area contributed by atoms with Crippen molar-refractivity contribution in [3.05, 3.63) is 28.8 Å². The van der Waals surface area contributed by atoms with Crippen LogP contribution >= 0.6 is 23.8 Å². The molecule has 0 aliphatic rings. The molecule has 0 fully saturated rings. The highest BCUT2D eigenvalue weighted by Crippen LogP contribution is 2.23. The number of benzene rings is 1. The van der Waals surface area contributed by atoms with Gasteiger partial charge in [-0.25, -0.2) is 4.79 Å². The van der Waals surface area contributed by atoms with E-state index in [-0.39, 0.29) is 11.1 Å². The predicted octanol–water partition coefficient (Wildman–Crippen LogP) is 3.12. The predicted molar refractivity (Wildman–Crippen MR) is 77.5 cm³/mol. The number of hydrogen-bond acceptors (Lipinski definition) is 2. The molecule has 0 unspecified atom stereocenters. The first kappa shape index (κ1) is 14.7. The molecule has 18 heavy (non-hydrogen) atoms. The average molecular weight is 287 g/mol. The third-order valence-corrected chi connectivity index (χ3v) is 2.47. The summed E-state index contributed by atoms with van der Waals surface area (Å²) in [5.41, 5.74) is 0.557. The monoisotopic (exact) mass is 286 g/mol. The van der Waals surface area contributed by atoms with Crippen LogP contribution in [0, 0.1) is 0 Å². The minimum atomic E-state index is -1.01. The number of carboxylic acids is 1. The van der Waals surface area contributed by atoms with Crippen molar-refractivity contribution < 1.29 is 9.90 Å². The summed E-state index contributed by atoms with van der Waals surface area (Å²) < 4.78 is 0. The Balaban J connectivity index is 2.80. The van der Waals surface area contributed by atoms with E-state index >= 15 is 0 Å². The summed E-state index contributed by atoms with van der Waals surface area (Å²) in [5, 5.41) is 15.6. The van der Waals surface area contributed by atoms with Crippen LogP contribution < -0.4 is 10.6 Å². The smallest absolute Gasteiger partial charge is 0.335 e. The van der Waals surface area contributed by atoms with E-state index in [4.69, 9.17) is 28.9 Å². The highest BCUT2D eigenvalue weighted by atomic mass is 35.5. The van der Waals surface area contributed by atoms with Crippen molar-refractivity contribution in [3.8, 4) is 0 Å². The van der Waals surface area contributed by atoms with E-state index in [0.717, 1.165) is 0 Å². The molecule has 3 N–H and O–H groups in total. The largest absolute Gasteiger partial charge is 0.478 e. The Bertz CT molecular complexity index is 483. The number of nitrogens with one attached hydrogen (secondary N) is 2. The highest BCUT2D eigenvalue weighted by molar-refractivity contribution is 7.80. The number of carbonyl (C=O) groups is 1. The van der Waals surface area contributed by atoms with Crippen LogP contribution in [0.15, 0.2) is 18.2 Å². The van der Waals surface area contributed by atoms with Gasteiger partial charge >= 0.3 is 5.97 Å². The maximum absolute atomic E-state index is 10.8. The minimum Gasteiger partial charge on any atom is -0.478 e. The van der Waals surface area contributed by atoms with Crippen molar-refractivity contribution in [3.63, 3.8) is 0 Å². The lowest BCUT2D eigenvalue weighted by atomic mass is 10.1. The fourth-order valence-electron chi connectivity index (χ4n) is 1.24. The Hall–Kier alpha value is -1.33. The zero-order valence-electron chi connectivity index (χ0n) is 10.4. The zero-order chi connectivity index (χ0) is 13.9. The van der Waals surface area contributed by atoms with Crippen molar-refractivity contribution in [2.75, 3.05) is 5.32 Å². The quantitative estimate of drug-likeness (QED) is 0.729. The first-order valence-corrected chi connectivity index (χ1v) is 6.10. The molecule has 98 valence electrons. The van der Waals surface area contributed by atoms with Crippen molar-refractivity contribution in [2.24, 2.45) is 0 Å². The van der Waals surface area contributed by atoms with Gasteiger partial charge in [0.1, 0.15) is 0 Å². The Morgan fingerprint density at radius 3 is 2.44 bits per heavy atom. The molecule has 0 heterocycles. The Morgan fingerprint density at radius 1 is 1.39 bits per heavy atom. The second-order valence-corrected chi connectivity index (χ2v) is 5.64. The van der Waals surface area contributed by atoms with Crippen LogP contribution in [0.3, 0.4) is 0 Å². The molecule has 4 nitrogen and oxygen atoms in total. The molecule has 1 rings (SSSR count). The Labute approximate surface area is 116 Å². The van der Waals surface area contributed by atoms with E-state index in [1.54, 1.807) is 6.07 Å². The summed E-state index contributed by atoms with van der Waals surface area (Å²) in [6, 6.07) is 4.44. The van der Waals surface area contributed by atoms with Crippen LogP contribution in [0.2, 0.25) is 5.02 Å². The SMILES string of the molecule is CC(C)(C)NC(=S)Nc1ccc(C(=O)O)cc1Cl. The molecular formula is C12H15ClN2O2S. The first-order chi connectivity index (χ1) is 8.19. The normalized spacial score (nSPS) is 10.9. The summed E-state index contributed by atoms with van der Waals surface area (Å²) in [6.45, 7) is 5.95. The van der Waals surface area contributed by atoms with Gasteiger partial charge in [0, 0.05) is 5.54 Å².